The van der Waals surface area contributed by atoms with Crippen molar-refractivity contribution in [1.29, 1.82) is 0 Å². The predicted octanol–water partition coefficient (Wildman–Crippen LogP) is 1.64. The molecule has 0 bridgehead atoms. The zero-order chi connectivity index (χ0) is 8.04. The van der Waals surface area contributed by atoms with Crippen molar-refractivity contribution >= 4 is 10.5 Å². The maximum atomic E-state index is 5.62. The van der Waals surface area contributed by atoms with Crippen LogP contribution in [0.3, 0.4) is 0 Å². The van der Waals surface area contributed by atoms with Gasteiger partial charge in [0, 0.05) is 0 Å². The zero-order valence-corrected chi connectivity index (χ0v) is 9.74. The molecule has 0 saturated carbocycles. The van der Waals surface area contributed by atoms with E-state index < -0.39 is 0 Å². The van der Waals surface area contributed by atoms with Gasteiger partial charge in [0.25, 0.3) is 0 Å². The predicted molar refractivity (Wildman–Crippen MR) is 49.2 cm³/mol. The van der Waals surface area contributed by atoms with E-state index in [-0.39, 0.29) is 5.60 Å². The number of hydrogen-bond donors (Lipinski definition) is 0. The molecule has 0 aromatic carbocycles. The highest BCUT2D eigenvalue weighted by Crippen LogP contribution is 2.24. The van der Waals surface area contributed by atoms with Crippen molar-refractivity contribution in [2.45, 2.75) is 52.1 Å². The number of rotatable bonds is 5. The fourth-order valence-corrected chi connectivity index (χ4v) is 2.23. The Kier molecular flexibility index (Phi) is 5.00. The van der Waals surface area contributed by atoms with Gasteiger partial charge < -0.3 is 4.43 Å². The minimum absolute atomic E-state index is 0.237. The van der Waals surface area contributed by atoms with Gasteiger partial charge in [-0.25, -0.2) is 0 Å². The molecule has 0 heterocycles. The first-order chi connectivity index (χ1) is 4.74. The average Bonchev–Trinajstić information content (AvgIpc) is 2.01. The van der Waals surface area contributed by atoms with Crippen LogP contribution in [0, 0.1) is 0 Å². The maximum Gasteiger partial charge on any atom is 0.146 e. The third-order valence-electron chi connectivity index (χ3n) is 2.43. The van der Waals surface area contributed by atoms with Crippen LogP contribution in [0.2, 0.25) is 0 Å². The first-order valence-corrected chi connectivity index (χ1v) is 5.11. The van der Waals surface area contributed by atoms with Crippen LogP contribution in [0.4, 0.5) is 0 Å². The van der Waals surface area contributed by atoms with E-state index in [0.717, 1.165) is 10.5 Å². The smallest absolute Gasteiger partial charge is 0.146 e. The standard InChI is InChI=1S/C8H20OSi/c1-4-7-8(5-2,6-3)9-10/h4-7H2,1-3,10H3. The largest absolute Gasteiger partial charge is 0.422 e. The molecule has 0 atom stereocenters. The van der Waals surface area contributed by atoms with Gasteiger partial charge in [-0.3, -0.25) is 0 Å². The summed E-state index contributed by atoms with van der Waals surface area (Å²) in [5, 5.41) is 0. The summed E-state index contributed by atoms with van der Waals surface area (Å²) in [6.07, 6.45) is 4.80. The van der Waals surface area contributed by atoms with Crippen LogP contribution in [-0.2, 0) is 4.43 Å². The Bertz CT molecular complexity index is 71.1. The molecule has 0 aromatic heterocycles. The summed E-state index contributed by atoms with van der Waals surface area (Å²) < 4.78 is 5.62. The Morgan fingerprint density at radius 2 is 1.70 bits per heavy atom. The maximum absolute atomic E-state index is 5.62. The van der Waals surface area contributed by atoms with Crippen LogP contribution < -0.4 is 0 Å². The average molecular weight is 160 g/mol. The lowest BCUT2D eigenvalue weighted by Gasteiger charge is -2.30. The summed E-state index contributed by atoms with van der Waals surface area (Å²) in [6.45, 7) is 6.66. The molecule has 0 N–H and O–H groups in total. The molecule has 0 aliphatic rings. The molecule has 62 valence electrons. The molecule has 0 aliphatic heterocycles. The van der Waals surface area contributed by atoms with Gasteiger partial charge in [0.1, 0.15) is 10.5 Å². The second kappa shape index (κ2) is 4.91. The van der Waals surface area contributed by atoms with Gasteiger partial charge in [-0.1, -0.05) is 27.2 Å². The zero-order valence-electron chi connectivity index (χ0n) is 7.74. The van der Waals surface area contributed by atoms with E-state index in [2.05, 4.69) is 20.8 Å². The fraction of sp³-hybridized carbons (Fsp3) is 1.00. The van der Waals surface area contributed by atoms with Crippen LogP contribution in [0.5, 0.6) is 0 Å². The fourth-order valence-electron chi connectivity index (χ4n) is 1.45. The highest BCUT2D eigenvalue weighted by molar-refractivity contribution is 5.98. The van der Waals surface area contributed by atoms with Crippen LogP contribution >= 0.6 is 0 Å². The Hall–Kier alpha value is 0.177. The molecule has 0 fully saturated rings. The lowest BCUT2D eigenvalue weighted by molar-refractivity contribution is 0.0605. The van der Waals surface area contributed by atoms with E-state index in [0.29, 0.717) is 0 Å². The molecule has 2 heteroatoms. The first-order valence-electron chi connectivity index (χ1n) is 4.29. The van der Waals surface area contributed by atoms with Crippen molar-refractivity contribution in [1.82, 2.24) is 0 Å². The molecular formula is C8H20OSi. The lowest BCUT2D eigenvalue weighted by Crippen LogP contribution is -2.29. The van der Waals surface area contributed by atoms with E-state index in [4.69, 9.17) is 4.43 Å². The van der Waals surface area contributed by atoms with Gasteiger partial charge in [0.2, 0.25) is 0 Å². The SMILES string of the molecule is CCCC(CC)(CC)O[SiH3]. The molecule has 0 aliphatic carbocycles. The molecule has 0 rings (SSSR count). The molecule has 1 nitrogen and oxygen atoms in total. The van der Waals surface area contributed by atoms with Gasteiger partial charge in [0.15, 0.2) is 0 Å². The van der Waals surface area contributed by atoms with E-state index in [1.807, 2.05) is 0 Å². The highest BCUT2D eigenvalue weighted by atomic mass is 28.2. The minimum atomic E-state index is 0.237. The van der Waals surface area contributed by atoms with E-state index >= 15 is 0 Å². The summed E-state index contributed by atoms with van der Waals surface area (Å²) in [5.41, 5.74) is 0.237. The summed E-state index contributed by atoms with van der Waals surface area (Å²) in [6, 6.07) is 0. The van der Waals surface area contributed by atoms with Crippen molar-refractivity contribution in [3.8, 4) is 0 Å². The summed E-state index contributed by atoms with van der Waals surface area (Å²) in [5.74, 6) is 0. The molecule has 0 radical (unpaired) electrons. The van der Waals surface area contributed by atoms with Crippen LogP contribution in [0.1, 0.15) is 46.5 Å². The van der Waals surface area contributed by atoms with E-state index in [9.17, 15) is 0 Å². The molecule has 0 amide bonds. The third kappa shape index (κ3) is 2.43. The van der Waals surface area contributed by atoms with Crippen LogP contribution in [0.25, 0.3) is 0 Å². The highest BCUT2D eigenvalue weighted by Gasteiger charge is 2.22. The summed E-state index contributed by atoms with van der Waals surface area (Å²) >= 11 is 0. The third-order valence-corrected chi connectivity index (χ3v) is 3.29. The quantitative estimate of drug-likeness (QED) is 0.556. The molecule has 0 aromatic rings. The Balaban J connectivity index is 3.87. The topological polar surface area (TPSA) is 9.23 Å². The van der Waals surface area contributed by atoms with Crippen molar-refractivity contribution in [3.63, 3.8) is 0 Å². The molecule has 0 saturated heterocycles. The van der Waals surface area contributed by atoms with Gasteiger partial charge >= 0.3 is 0 Å². The Labute approximate surface area is 67.7 Å². The molecular weight excluding hydrogens is 140 g/mol. The van der Waals surface area contributed by atoms with E-state index in [1.165, 1.54) is 25.7 Å². The number of hydrogen-bond acceptors (Lipinski definition) is 1. The molecule has 10 heavy (non-hydrogen) atoms. The van der Waals surface area contributed by atoms with Crippen molar-refractivity contribution in [2.75, 3.05) is 0 Å². The van der Waals surface area contributed by atoms with Crippen LogP contribution in [0.15, 0.2) is 0 Å². The normalized spacial score (nSPS) is 12.3. The van der Waals surface area contributed by atoms with Gasteiger partial charge in [-0.2, -0.15) is 0 Å². The monoisotopic (exact) mass is 160 g/mol. The van der Waals surface area contributed by atoms with Gasteiger partial charge in [0.05, 0.1) is 5.60 Å². The molecule has 0 unspecified atom stereocenters. The van der Waals surface area contributed by atoms with Crippen molar-refractivity contribution in [2.24, 2.45) is 0 Å². The minimum Gasteiger partial charge on any atom is -0.422 e. The summed E-state index contributed by atoms with van der Waals surface area (Å²) in [7, 11) is 0.880. The Morgan fingerprint density at radius 1 is 1.20 bits per heavy atom. The van der Waals surface area contributed by atoms with Crippen LogP contribution in [-0.4, -0.2) is 16.1 Å². The van der Waals surface area contributed by atoms with Gasteiger partial charge in [-0.05, 0) is 19.3 Å². The summed E-state index contributed by atoms with van der Waals surface area (Å²) in [4.78, 5) is 0. The second-order valence-electron chi connectivity index (χ2n) is 2.84. The van der Waals surface area contributed by atoms with E-state index in [1.54, 1.807) is 0 Å². The second-order valence-corrected chi connectivity index (χ2v) is 3.25. The van der Waals surface area contributed by atoms with Crippen molar-refractivity contribution < 1.29 is 4.43 Å². The lowest BCUT2D eigenvalue weighted by atomic mass is 9.92. The van der Waals surface area contributed by atoms with Gasteiger partial charge in [-0.15, -0.1) is 0 Å². The van der Waals surface area contributed by atoms with Crippen molar-refractivity contribution in [3.05, 3.63) is 0 Å². The molecule has 0 spiro atoms. The first kappa shape index (κ1) is 10.2. The Morgan fingerprint density at radius 3 is 1.80 bits per heavy atom.